The molecule has 118 valence electrons. The van der Waals surface area contributed by atoms with Crippen LogP contribution in [-0.4, -0.2) is 14.3 Å². The van der Waals surface area contributed by atoms with E-state index in [-0.39, 0.29) is 5.69 Å². The van der Waals surface area contributed by atoms with E-state index in [2.05, 4.69) is 0 Å². The SMILES string of the molecule is CC(C)(C)N(c1ccccc1-c1ccc(N)c(F)c1)S(=O)[O-]. The van der Waals surface area contributed by atoms with Crippen molar-refractivity contribution in [1.29, 1.82) is 0 Å². The predicted octanol–water partition coefficient (Wildman–Crippen LogP) is 3.47. The van der Waals surface area contributed by atoms with Crippen LogP contribution in [0.4, 0.5) is 15.8 Å². The van der Waals surface area contributed by atoms with Crippen LogP contribution in [-0.2, 0) is 11.3 Å². The van der Waals surface area contributed by atoms with E-state index in [0.717, 1.165) is 0 Å². The molecule has 0 aliphatic heterocycles. The number of benzene rings is 2. The summed E-state index contributed by atoms with van der Waals surface area (Å²) in [4.78, 5) is 0. The third kappa shape index (κ3) is 3.28. The van der Waals surface area contributed by atoms with E-state index in [9.17, 15) is 13.2 Å². The molecule has 1 unspecified atom stereocenters. The Hall–Kier alpha value is -1.92. The highest BCUT2D eigenvalue weighted by Gasteiger charge is 2.25. The van der Waals surface area contributed by atoms with Gasteiger partial charge in [-0.05, 0) is 44.5 Å². The van der Waals surface area contributed by atoms with Crippen molar-refractivity contribution in [3.63, 3.8) is 0 Å². The Bertz CT molecular complexity index is 714. The molecule has 0 amide bonds. The van der Waals surface area contributed by atoms with Crippen molar-refractivity contribution in [1.82, 2.24) is 0 Å². The zero-order valence-electron chi connectivity index (χ0n) is 12.7. The van der Waals surface area contributed by atoms with Crippen molar-refractivity contribution >= 4 is 22.6 Å². The molecule has 22 heavy (non-hydrogen) atoms. The Balaban J connectivity index is 2.64. The lowest BCUT2D eigenvalue weighted by Gasteiger charge is -2.39. The topological polar surface area (TPSA) is 69.4 Å². The quantitative estimate of drug-likeness (QED) is 0.695. The third-order valence-corrected chi connectivity index (χ3v) is 4.24. The van der Waals surface area contributed by atoms with Crippen molar-refractivity contribution < 1.29 is 13.2 Å². The minimum atomic E-state index is -2.45. The van der Waals surface area contributed by atoms with Crippen LogP contribution in [0.3, 0.4) is 0 Å². The first-order valence-corrected chi connectivity index (χ1v) is 7.79. The minimum absolute atomic E-state index is 0.0568. The molecule has 0 saturated carbocycles. The molecule has 0 spiro atoms. The smallest absolute Gasteiger partial charge is 0.146 e. The van der Waals surface area contributed by atoms with E-state index in [4.69, 9.17) is 5.73 Å². The maximum atomic E-state index is 13.7. The fraction of sp³-hybridized carbons (Fsp3) is 0.250. The molecular formula is C16H18FN2O2S-. The monoisotopic (exact) mass is 321 g/mol. The van der Waals surface area contributed by atoms with Crippen LogP contribution >= 0.6 is 0 Å². The van der Waals surface area contributed by atoms with Crippen molar-refractivity contribution in [2.45, 2.75) is 26.3 Å². The first-order valence-electron chi connectivity index (χ1n) is 6.76. The number of nitrogen functional groups attached to an aromatic ring is 1. The zero-order chi connectivity index (χ0) is 16.5. The molecule has 1 atom stereocenters. The zero-order valence-corrected chi connectivity index (χ0v) is 13.5. The van der Waals surface area contributed by atoms with Crippen molar-refractivity contribution in [2.24, 2.45) is 0 Å². The lowest BCUT2D eigenvalue weighted by atomic mass is 10.0. The van der Waals surface area contributed by atoms with Gasteiger partial charge in [-0.2, -0.15) is 0 Å². The number of halogens is 1. The fourth-order valence-electron chi connectivity index (χ4n) is 2.25. The normalized spacial score (nSPS) is 13.0. The van der Waals surface area contributed by atoms with Crippen LogP contribution in [0.1, 0.15) is 20.8 Å². The lowest BCUT2D eigenvalue weighted by Crippen LogP contribution is -2.42. The van der Waals surface area contributed by atoms with Gasteiger partial charge in [-0.3, -0.25) is 8.51 Å². The lowest BCUT2D eigenvalue weighted by molar-refractivity contribution is 0.498. The Morgan fingerprint density at radius 1 is 1.18 bits per heavy atom. The molecule has 0 aliphatic carbocycles. The van der Waals surface area contributed by atoms with Crippen LogP contribution in [0.15, 0.2) is 42.5 Å². The summed E-state index contributed by atoms with van der Waals surface area (Å²) in [6, 6.07) is 11.4. The summed E-state index contributed by atoms with van der Waals surface area (Å²) in [6.07, 6.45) is 0. The van der Waals surface area contributed by atoms with E-state index < -0.39 is 22.6 Å². The van der Waals surface area contributed by atoms with Crippen LogP contribution in [0, 0.1) is 5.82 Å². The molecule has 2 aromatic carbocycles. The first kappa shape index (κ1) is 16.5. The van der Waals surface area contributed by atoms with Gasteiger partial charge in [-0.25, -0.2) is 4.39 Å². The van der Waals surface area contributed by atoms with E-state index in [1.807, 2.05) is 0 Å². The van der Waals surface area contributed by atoms with E-state index in [0.29, 0.717) is 16.8 Å². The number of rotatable bonds is 3. The minimum Gasteiger partial charge on any atom is -0.755 e. The molecule has 2 aromatic rings. The molecule has 0 heterocycles. The van der Waals surface area contributed by atoms with Crippen LogP contribution in [0.2, 0.25) is 0 Å². The van der Waals surface area contributed by atoms with Gasteiger partial charge >= 0.3 is 0 Å². The Morgan fingerprint density at radius 3 is 2.36 bits per heavy atom. The standard InChI is InChI=1S/C16H19FN2O2S/c1-16(2,3)19(22(20)21)15-7-5-4-6-12(15)11-8-9-14(18)13(17)10-11/h4-10H,18H2,1-3H3,(H,20,21)/p-1. The van der Waals surface area contributed by atoms with Gasteiger partial charge in [0.25, 0.3) is 0 Å². The van der Waals surface area contributed by atoms with E-state index in [1.165, 1.54) is 16.4 Å². The molecule has 6 heteroatoms. The summed E-state index contributed by atoms with van der Waals surface area (Å²) < 4.78 is 38.4. The van der Waals surface area contributed by atoms with Crippen LogP contribution in [0.5, 0.6) is 0 Å². The summed E-state index contributed by atoms with van der Waals surface area (Å²) in [7, 11) is 0. The van der Waals surface area contributed by atoms with Crippen LogP contribution < -0.4 is 10.0 Å². The molecule has 0 saturated heterocycles. The molecule has 2 rings (SSSR count). The fourth-order valence-corrected chi connectivity index (χ4v) is 3.02. The molecule has 4 nitrogen and oxygen atoms in total. The second-order valence-corrected chi connectivity index (χ2v) is 6.74. The van der Waals surface area contributed by atoms with Gasteiger partial charge in [0.2, 0.25) is 0 Å². The summed E-state index contributed by atoms with van der Waals surface area (Å²) in [5.41, 5.74) is 6.60. The van der Waals surface area contributed by atoms with Gasteiger partial charge in [-0.15, -0.1) is 0 Å². The number of nitrogens with two attached hydrogens (primary N) is 1. The van der Waals surface area contributed by atoms with Gasteiger partial charge in [0.05, 0.1) is 11.4 Å². The van der Waals surface area contributed by atoms with Crippen LogP contribution in [0.25, 0.3) is 11.1 Å². The van der Waals surface area contributed by atoms with Crippen molar-refractivity contribution in [3.8, 4) is 11.1 Å². The molecule has 0 radical (unpaired) electrons. The van der Waals surface area contributed by atoms with Crippen molar-refractivity contribution in [2.75, 3.05) is 10.0 Å². The average Bonchev–Trinajstić information content (AvgIpc) is 2.40. The number of hydrogen-bond donors (Lipinski definition) is 1. The summed E-state index contributed by atoms with van der Waals surface area (Å²) in [6.45, 7) is 5.38. The second kappa shape index (κ2) is 6.06. The molecule has 0 bridgehead atoms. The first-order chi connectivity index (χ1) is 10.2. The highest BCUT2D eigenvalue weighted by Crippen LogP contribution is 2.36. The summed E-state index contributed by atoms with van der Waals surface area (Å²) >= 11 is -2.45. The van der Waals surface area contributed by atoms with E-state index >= 15 is 0 Å². The maximum absolute atomic E-state index is 13.7. The number of anilines is 2. The Morgan fingerprint density at radius 2 is 1.82 bits per heavy atom. The Kier molecular flexibility index (Phi) is 4.53. The largest absolute Gasteiger partial charge is 0.755 e. The van der Waals surface area contributed by atoms with Gasteiger partial charge in [-0.1, -0.05) is 24.3 Å². The number of para-hydroxylation sites is 1. The average molecular weight is 321 g/mol. The van der Waals surface area contributed by atoms with Gasteiger partial charge in [0.1, 0.15) is 5.82 Å². The molecule has 0 aromatic heterocycles. The second-order valence-electron chi connectivity index (χ2n) is 5.94. The molecule has 0 fully saturated rings. The van der Waals surface area contributed by atoms with Crippen molar-refractivity contribution in [3.05, 3.63) is 48.3 Å². The highest BCUT2D eigenvalue weighted by molar-refractivity contribution is 7.80. The van der Waals surface area contributed by atoms with E-state index in [1.54, 1.807) is 51.1 Å². The number of nitrogens with zero attached hydrogens (tertiary/aromatic N) is 1. The predicted molar refractivity (Wildman–Crippen MR) is 87.4 cm³/mol. The third-order valence-electron chi connectivity index (χ3n) is 3.19. The van der Waals surface area contributed by atoms with Gasteiger partial charge < -0.3 is 10.3 Å². The molecule has 2 N–H and O–H groups in total. The van der Waals surface area contributed by atoms with Gasteiger partial charge in [0, 0.05) is 22.4 Å². The molecular weight excluding hydrogens is 303 g/mol. The maximum Gasteiger partial charge on any atom is 0.146 e. The van der Waals surface area contributed by atoms with Gasteiger partial charge in [0.15, 0.2) is 0 Å². The molecule has 0 aliphatic rings. The number of hydrogen-bond acceptors (Lipinski definition) is 3. The Labute approximate surface area is 132 Å². The summed E-state index contributed by atoms with van der Waals surface area (Å²) in [5.74, 6) is -0.530. The highest BCUT2D eigenvalue weighted by atomic mass is 32.2. The summed E-state index contributed by atoms with van der Waals surface area (Å²) in [5, 5.41) is 0.